The number of ether oxygens (including phenoxy) is 1. The van der Waals surface area contributed by atoms with Crippen LogP contribution in [0.25, 0.3) is 0 Å². The van der Waals surface area contributed by atoms with E-state index in [9.17, 15) is 9.59 Å². The maximum absolute atomic E-state index is 12.2. The Morgan fingerprint density at radius 3 is 2.79 bits per heavy atom. The highest BCUT2D eigenvalue weighted by molar-refractivity contribution is 5.94. The van der Waals surface area contributed by atoms with E-state index in [1.54, 1.807) is 31.4 Å². The van der Waals surface area contributed by atoms with Crippen molar-refractivity contribution >= 4 is 17.8 Å². The van der Waals surface area contributed by atoms with Crippen LogP contribution in [0.1, 0.15) is 36.5 Å². The highest BCUT2D eigenvalue weighted by Gasteiger charge is 2.18. The smallest absolute Gasteiger partial charge is 0.251 e. The molecule has 1 heterocycles. The average molecular weight is 390 g/mol. The van der Waals surface area contributed by atoms with Gasteiger partial charge in [-0.05, 0) is 38.0 Å². The molecule has 1 fully saturated rings. The predicted octanol–water partition coefficient (Wildman–Crippen LogP) is 0.993. The minimum atomic E-state index is -0.141. The Morgan fingerprint density at radius 2 is 2.07 bits per heavy atom. The van der Waals surface area contributed by atoms with Gasteiger partial charge in [-0.15, -0.1) is 0 Å². The fraction of sp³-hybridized carbons (Fsp3) is 0.550. The fourth-order valence-corrected chi connectivity index (χ4v) is 2.96. The van der Waals surface area contributed by atoms with E-state index < -0.39 is 0 Å². The van der Waals surface area contributed by atoms with Crippen molar-refractivity contribution in [1.29, 1.82) is 0 Å². The van der Waals surface area contributed by atoms with Gasteiger partial charge in [0.25, 0.3) is 5.91 Å². The van der Waals surface area contributed by atoms with E-state index in [1.165, 1.54) is 0 Å². The molecular weight excluding hydrogens is 358 g/mol. The number of benzene rings is 1. The summed E-state index contributed by atoms with van der Waals surface area (Å²) < 4.78 is 5.14. The Hall–Kier alpha value is -2.77. The lowest BCUT2D eigenvalue weighted by Crippen LogP contribution is -2.41. The third kappa shape index (κ3) is 7.09. The molecule has 1 aromatic rings. The van der Waals surface area contributed by atoms with Crippen molar-refractivity contribution in [2.45, 2.75) is 26.2 Å². The number of likely N-dealkylation sites (tertiary alicyclic amines) is 1. The van der Waals surface area contributed by atoms with Crippen molar-refractivity contribution in [1.82, 2.24) is 20.9 Å². The molecule has 8 heteroatoms. The SMILES string of the molecule is CCNC(=NCCCN1CCCC1=O)NCCNC(=O)c1cccc(OC)c1. The lowest BCUT2D eigenvalue weighted by atomic mass is 10.2. The van der Waals surface area contributed by atoms with Crippen molar-refractivity contribution < 1.29 is 14.3 Å². The molecular formula is C20H31N5O3. The molecule has 0 spiro atoms. The van der Waals surface area contributed by atoms with Gasteiger partial charge >= 0.3 is 0 Å². The summed E-state index contributed by atoms with van der Waals surface area (Å²) >= 11 is 0. The molecule has 1 aliphatic heterocycles. The molecule has 2 rings (SSSR count). The van der Waals surface area contributed by atoms with Gasteiger partial charge in [0.1, 0.15) is 5.75 Å². The van der Waals surface area contributed by atoms with Crippen molar-refractivity contribution in [3.8, 4) is 5.75 Å². The molecule has 0 radical (unpaired) electrons. The lowest BCUT2D eigenvalue weighted by Gasteiger charge is -2.15. The van der Waals surface area contributed by atoms with Crippen LogP contribution >= 0.6 is 0 Å². The van der Waals surface area contributed by atoms with Gasteiger partial charge in [-0.2, -0.15) is 0 Å². The molecule has 28 heavy (non-hydrogen) atoms. The number of carbonyl (C=O) groups is 2. The van der Waals surface area contributed by atoms with Crippen LogP contribution in [0.15, 0.2) is 29.3 Å². The van der Waals surface area contributed by atoms with Crippen LogP contribution in [0.3, 0.4) is 0 Å². The van der Waals surface area contributed by atoms with E-state index in [1.807, 2.05) is 11.8 Å². The molecule has 0 atom stereocenters. The van der Waals surface area contributed by atoms with Crippen LogP contribution in [-0.4, -0.2) is 69.1 Å². The maximum atomic E-state index is 12.2. The van der Waals surface area contributed by atoms with Crippen LogP contribution in [-0.2, 0) is 4.79 Å². The summed E-state index contributed by atoms with van der Waals surface area (Å²) in [5.74, 6) is 1.48. The van der Waals surface area contributed by atoms with Gasteiger partial charge in [-0.25, -0.2) is 0 Å². The van der Waals surface area contributed by atoms with E-state index in [4.69, 9.17) is 4.74 Å². The largest absolute Gasteiger partial charge is 0.497 e. The van der Waals surface area contributed by atoms with Gasteiger partial charge in [0.15, 0.2) is 5.96 Å². The molecule has 0 aliphatic carbocycles. The second kappa shape index (κ2) is 11.8. The first-order valence-corrected chi connectivity index (χ1v) is 9.86. The number of amides is 2. The lowest BCUT2D eigenvalue weighted by molar-refractivity contribution is -0.127. The van der Waals surface area contributed by atoms with Crippen LogP contribution < -0.4 is 20.7 Å². The molecule has 8 nitrogen and oxygen atoms in total. The Balaban J connectivity index is 1.68. The van der Waals surface area contributed by atoms with E-state index in [0.29, 0.717) is 43.3 Å². The highest BCUT2D eigenvalue weighted by atomic mass is 16.5. The molecule has 0 saturated carbocycles. The number of aliphatic imine (C=N–C) groups is 1. The van der Waals surface area contributed by atoms with Crippen molar-refractivity contribution in [2.75, 3.05) is 46.4 Å². The highest BCUT2D eigenvalue weighted by Crippen LogP contribution is 2.12. The van der Waals surface area contributed by atoms with Crippen molar-refractivity contribution in [3.05, 3.63) is 29.8 Å². The zero-order valence-corrected chi connectivity index (χ0v) is 16.8. The van der Waals surface area contributed by atoms with E-state index in [2.05, 4.69) is 20.9 Å². The third-order valence-corrected chi connectivity index (χ3v) is 4.41. The van der Waals surface area contributed by atoms with E-state index in [-0.39, 0.29) is 11.8 Å². The third-order valence-electron chi connectivity index (χ3n) is 4.41. The van der Waals surface area contributed by atoms with Gasteiger partial charge in [-0.1, -0.05) is 6.07 Å². The summed E-state index contributed by atoms with van der Waals surface area (Å²) in [5.41, 5.74) is 0.566. The summed E-state index contributed by atoms with van der Waals surface area (Å²) in [6.07, 6.45) is 2.48. The van der Waals surface area contributed by atoms with Gasteiger partial charge in [0.05, 0.1) is 7.11 Å². The first-order chi connectivity index (χ1) is 13.6. The number of rotatable bonds is 10. The Bertz CT molecular complexity index is 678. The average Bonchev–Trinajstić information content (AvgIpc) is 3.12. The van der Waals surface area contributed by atoms with Crippen molar-refractivity contribution in [2.24, 2.45) is 4.99 Å². The fourth-order valence-electron chi connectivity index (χ4n) is 2.96. The van der Waals surface area contributed by atoms with Gasteiger partial charge < -0.3 is 25.6 Å². The Labute approximate surface area is 166 Å². The first kappa shape index (κ1) is 21.5. The van der Waals surface area contributed by atoms with Crippen molar-refractivity contribution in [3.63, 3.8) is 0 Å². The normalized spacial score (nSPS) is 14.1. The quantitative estimate of drug-likeness (QED) is 0.315. The zero-order chi connectivity index (χ0) is 20.2. The summed E-state index contributed by atoms with van der Waals surface area (Å²) in [4.78, 5) is 30.2. The minimum Gasteiger partial charge on any atom is -0.497 e. The Morgan fingerprint density at radius 1 is 1.25 bits per heavy atom. The Kier molecular flexibility index (Phi) is 9.10. The maximum Gasteiger partial charge on any atom is 0.251 e. The predicted molar refractivity (Wildman–Crippen MR) is 110 cm³/mol. The van der Waals surface area contributed by atoms with E-state index >= 15 is 0 Å². The number of hydrogen-bond donors (Lipinski definition) is 3. The van der Waals surface area contributed by atoms with Crippen LogP contribution in [0.2, 0.25) is 0 Å². The van der Waals surface area contributed by atoms with Gasteiger partial charge in [-0.3, -0.25) is 14.6 Å². The van der Waals surface area contributed by atoms with Gasteiger partial charge in [0, 0.05) is 51.3 Å². The second-order valence-electron chi connectivity index (χ2n) is 6.51. The molecule has 1 saturated heterocycles. The number of nitrogens with one attached hydrogen (secondary N) is 3. The standard InChI is InChI=1S/C20H31N5O3/c1-3-21-20(23-10-6-14-25-13-5-9-18(25)26)24-12-11-22-19(27)16-7-4-8-17(15-16)28-2/h4,7-8,15H,3,5-6,9-14H2,1-2H3,(H,22,27)(H2,21,23,24). The zero-order valence-electron chi connectivity index (χ0n) is 16.8. The minimum absolute atomic E-state index is 0.141. The van der Waals surface area contributed by atoms with Crippen LogP contribution in [0.5, 0.6) is 5.75 Å². The molecule has 1 aromatic carbocycles. The monoisotopic (exact) mass is 389 g/mol. The number of guanidine groups is 1. The molecule has 3 N–H and O–H groups in total. The number of carbonyl (C=O) groups excluding carboxylic acids is 2. The summed E-state index contributed by atoms with van der Waals surface area (Å²) in [6.45, 7) is 6.08. The number of hydrogen-bond acceptors (Lipinski definition) is 4. The second-order valence-corrected chi connectivity index (χ2v) is 6.51. The molecule has 2 amide bonds. The molecule has 154 valence electrons. The molecule has 0 bridgehead atoms. The summed E-state index contributed by atoms with van der Waals surface area (Å²) in [5, 5.41) is 9.26. The number of methoxy groups -OCH3 is 1. The number of nitrogens with zero attached hydrogens (tertiary/aromatic N) is 2. The van der Waals surface area contributed by atoms with Crippen LogP contribution in [0, 0.1) is 0 Å². The summed E-state index contributed by atoms with van der Waals surface area (Å²) in [7, 11) is 1.57. The first-order valence-electron chi connectivity index (χ1n) is 9.86. The van der Waals surface area contributed by atoms with Crippen LogP contribution in [0.4, 0.5) is 0 Å². The molecule has 0 aromatic heterocycles. The van der Waals surface area contributed by atoms with E-state index in [0.717, 1.165) is 32.5 Å². The molecule has 1 aliphatic rings. The summed E-state index contributed by atoms with van der Waals surface area (Å²) in [6, 6.07) is 7.05. The molecule has 0 unspecified atom stereocenters. The topological polar surface area (TPSA) is 95.1 Å². The van der Waals surface area contributed by atoms with Gasteiger partial charge in [0.2, 0.25) is 5.91 Å².